The first kappa shape index (κ1) is 19.5. The number of hydrogen-bond acceptors (Lipinski definition) is 7. The molecule has 0 bridgehead atoms. The van der Waals surface area contributed by atoms with Crippen molar-refractivity contribution in [3.05, 3.63) is 56.0 Å². The highest BCUT2D eigenvalue weighted by Gasteiger charge is 2.26. The fraction of sp³-hybridized carbons (Fsp3) is 0.235. The second-order valence-electron chi connectivity index (χ2n) is 5.01. The number of benzene rings is 2. The molecule has 26 heavy (non-hydrogen) atoms. The molecule has 138 valence electrons. The highest BCUT2D eigenvalue weighted by Crippen LogP contribution is 2.35. The van der Waals surface area contributed by atoms with E-state index in [1.807, 2.05) is 0 Å². The van der Waals surface area contributed by atoms with E-state index in [4.69, 9.17) is 18.9 Å². The van der Waals surface area contributed by atoms with Gasteiger partial charge in [-0.25, -0.2) is 4.79 Å². The van der Waals surface area contributed by atoms with Crippen LogP contribution in [0.25, 0.3) is 0 Å². The summed E-state index contributed by atoms with van der Waals surface area (Å²) in [6.07, 6.45) is 0. The van der Waals surface area contributed by atoms with Gasteiger partial charge in [0.1, 0.15) is 17.9 Å². The van der Waals surface area contributed by atoms with Crippen LogP contribution in [0, 0.1) is 10.1 Å². The smallest absolute Gasteiger partial charge is 0.345 e. The summed E-state index contributed by atoms with van der Waals surface area (Å²) in [6, 6.07) is 7.57. The van der Waals surface area contributed by atoms with Crippen LogP contribution in [0.3, 0.4) is 0 Å². The van der Waals surface area contributed by atoms with Gasteiger partial charge in [-0.3, -0.25) is 10.1 Å². The van der Waals surface area contributed by atoms with Crippen LogP contribution in [0.1, 0.15) is 15.9 Å². The van der Waals surface area contributed by atoms with Gasteiger partial charge in [0.25, 0.3) is 5.69 Å². The molecule has 9 heteroatoms. The average molecular weight is 426 g/mol. The Morgan fingerprint density at radius 1 is 1.04 bits per heavy atom. The summed E-state index contributed by atoms with van der Waals surface area (Å²) in [5.74, 6) is -0.00279. The van der Waals surface area contributed by atoms with Crippen molar-refractivity contribution in [3.63, 3.8) is 0 Å². The number of nitro benzene ring substituents is 1. The monoisotopic (exact) mass is 425 g/mol. The highest BCUT2D eigenvalue weighted by atomic mass is 79.9. The van der Waals surface area contributed by atoms with E-state index in [-0.39, 0.29) is 23.7 Å². The van der Waals surface area contributed by atoms with Crippen molar-refractivity contribution in [3.8, 4) is 17.2 Å². The maximum atomic E-state index is 12.4. The number of rotatable bonds is 7. The van der Waals surface area contributed by atoms with Crippen molar-refractivity contribution in [2.45, 2.75) is 6.61 Å². The Kier molecular flexibility index (Phi) is 6.40. The average Bonchev–Trinajstić information content (AvgIpc) is 2.64. The molecule has 0 unspecified atom stereocenters. The van der Waals surface area contributed by atoms with E-state index in [2.05, 4.69) is 15.9 Å². The van der Waals surface area contributed by atoms with Crippen LogP contribution >= 0.6 is 15.9 Å². The molecule has 0 aromatic heterocycles. The molecule has 0 saturated heterocycles. The minimum Gasteiger partial charge on any atom is -0.496 e. The van der Waals surface area contributed by atoms with Crippen molar-refractivity contribution < 1.29 is 28.7 Å². The molecule has 2 rings (SSSR count). The van der Waals surface area contributed by atoms with E-state index >= 15 is 0 Å². The van der Waals surface area contributed by atoms with Crippen LogP contribution < -0.4 is 14.2 Å². The number of methoxy groups -OCH3 is 3. The Morgan fingerprint density at radius 3 is 2.23 bits per heavy atom. The molecular formula is C17H16BrNO7. The fourth-order valence-electron chi connectivity index (χ4n) is 2.26. The van der Waals surface area contributed by atoms with Gasteiger partial charge in [-0.05, 0) is 18.2 Å². The van der Waals surface area contributed by atoms with Crippen LogP contribution in [0.4, 0.5) is 5.69 Å². The maximum Gasteiger partial charge on any atom is 0.345 e. The standard InChI is InChI=1S/C17H16BrNO7/c1-23-14-5-4-11(18)6-10(14)9-26-17(20)12-7-15(24-2)16(25-3)8-13(12)19(21)22/h4-8H,9H2,1-3H3. The predicted octanol–water partition coefficient (Wildman–Crippen LogP) is 3.74. The first-order chi connectivity index (χ1) is 12.4. The van der Waals surface area contributed by atoms with E-state index in [1.54, 1.807) is 18.2 Å². The summed E-state index contributed by atoms with van der Waals surface area (Å²) in [5.41, 5.74) is -0.0613. The SMILES string of the molecule is COc1ccc(Br)cc1COC(=O)c1cc(OC)c(OC)cc1[N+](=O)[O-]. The Balaban J connectivity index is 2.32. The van der Waals surface area contributed by atoms with Crippen molar-refractivity contribution in [2.75, 3.05) is 21.3 Å². The number of carbonyl (C=O) groups excluding carboxylic acids is 1. The molecule has 0 aliphatic rings. The van der Waals surface area contributed by atoms with Crippen LogP contribution in [-0.2, 0) is 11.3 Å². The number of ether oxygens (including phenoxy) is 4. The highest BCUT2D eigenvalue weighted by molar-refractivity contribution is 9.10. The lowest BCUT2D eigenvalue weighted by atomic mass is 10.1. The van der Waals surface area contributed by atoms with Crippen LogP contribution in [0.5, 0.6) is 17.2 Å². The summed E-state index contributed by atoms with van der Waals surface area (Å²) in [6.45, 7) is -0.118. The molecule has 0 radical (unpaired) electrons. The van der Waals surface area contributed by atoms with E-state index in [1.165, 1.54) is 27.4 Å². The van der Waals surface area contributed by atoms with E-state index in [0.29, 0.717) is 11.3 Å². The largest absolute Gasteiger partial charge is 0.496 e. The first-order valence-corrected chi connectivity index (χ1v) is 8.10. The normalized spacial score (nSPS) is 10.2. The molecule has 8 nitrogen and oxygen atoms in total. The number of carbonyl (C=O) groups is 1. The van der Waals surface area contributed by atoms with Gasteiger partial charge in [-0.2, -0.15) is 0 Å². The molecule has 0 fully saturated rings. The first-order valence-electron chi connectivity index (χ1n) is 7.31. The van der Waals surface area contributed by atoms with E-state index < -0.39 is 16.6 Å². The number of hydrogen-bond donors (Lipinski definition) is 0. The van der Waals surface area contributed by atoms with E-state index in [0.717, 1.165) is 10.5 Å². The zero-order chi connectivity index (χ0) is 19.3. The van der Waals surface area contributed by atoms with Crippen molar-refractivity contribution in [2.24, 2.45) is 0 Å². The van der Waals surface area contributed by atoms with Gasteiger partial charge in [0, 0.05) is 16.1 Å². The Morgan fingerprint density at radius 2 is 1.65 bits per heavy atom. The zero-order valence-corrected chi connectivity index (χ0v) is 15.9. The molecule has 0 spiro atoms. The third-order valence-corrected chi connectivity index (χ3v) is 4.01. The van der Waals surface area contributed by atoms with E-state index in [9.17, 15) is 14.9 Å². The summed E-state index contributed by atoms with van der Waals surface area (Å²) in [5, 5.41) is 11.3. The minimum atomic E-state index is -0.861. The molecule has 2 aromatic rings. The van der Waals surface area contributed by atoms with Crippen molar-refractivity contribution >= 4 is 27.6 Å². The van der Waals surface area contributed by atoms with Crippen LogP contribution in [0.2, 0.25) is 0 Å². The molecule has 0 amide bonds. The van der Waals surface area contributed by atoms with Gasteiger partial charge in [-0.15, -0.1) is 0 Å². The topological polar surface area (TPSA) is 97.1 Å². The molecule has 0 aliphatic heterocycles. The van der Waals surface area contributed by atoms with Gasteiger partial charge in [0.15, 0.2) is 11.5 Å². The maximum absolute atomic E-state index is 12.4. The third kappa shape index (κ3) is 4.23. The second kappa shape index (κ2) is 8.52. The van der Waals surface area contributed by atoms with Crippen LogP contribution in [0.15, 0.2) is 34.8 Å². The molecular weight excluding hydrogens is 410 g/mol. The summed E-state index contributed by atoms with van der Waals surface area (Å²) >= 11 is 3.33. The number of esters is 1. The van der Waals surface area contributed by atoms with Crippen molar-refractivity contribution in [1.82, 2.24) is 0 Å². The molecule has 0 N–H and O–H groups in total. The summed E-state index contributed by atoms with van der Waals surface area (Å²) in [4.78, 5) is 23.0. The second-order valence-corrected chi connectivity index (χ2v) is 5.93. The van der Waals surface area contributed by atoms with Gasteiger partial charge >= 0.3 is 5.97 Å². The van der Waals surface area contributed by atoms with Crippen molar-refractivity contribution in [1.29, 1.82) is 0 Å². The molecule has 2 aromatic carbocycles. The number of halogens is 1. The lowest BCUT2D eigenvalue weighted by Crippen LogP contribution is -2.10. The summed E-state index contributed by atoms with van der Waals surface area (Å²) in [7, 11) is 4.21. The van der Waals surface area contributed by atoms with Gasteiger partial charge < -0.3 is 18.9 Å². The molecule has 0 heterocycles. The van der Waals surface area contributed by atoms with Gasteiger partial charge in [0.05, 0.1) is 32.3 Å². The Labute approximate surface area is 157 Å². The van der Waals surface area contributed by atoms with Gasteiger partial charge in [-0.1, -0.05) is 15.9 Å². The Hall–Kier alpha value is -2.81. The quantitative estimate of drug-likeness (QED) is 0.378. The molecule has 0 atom stereocenters. The minimum absolute atomic E-state index is 0.118. The van der Waals surface area contributed by atoms with Gasteiger partial charge in [0.2, 0.25) is 0 Å². The molecule has 0 aliphatic carbocycles. The fourth-order valence-corrected chi connectivity index (χ4v) is 2.67. The lowest BCUT2D eigenvalue weighted by Gasteiger charge is -2.12. The third-order valence-electron chi connectivity index (χ3n) is 3.52. The Bertz CT molecular complexity index is 838. The predicted molar refractivity (Wildman–Crippen MR) is 96.0 cm³/mol. The molecule has 0 saturated carbocycles. The zero-order valence-electron chi connectivity index (χ0n) is 14.3. The number of nitrogens with zero attached hydrogens (tertiary/aromatic N) is 1. The summed E-state index contributed by atoms with van der Waals surface area (Å²) < 4.78 is 21.4. The lowest BCUT2D eigenvalue weighted by molar-refractivity contribution is -0.385. The number of nitro groups is 1. The van der Waals surface area contributed by atoms with Crippen LogP contribution in [-0.4, -0.2) is 32.2 Å².